The van der Waals surface area contributed by atoms with Crippen LogP contribution in [0.5, 0.6) is 0 Å². The Bertz CT molecular complexity index is 784. The zero-order valence-corrected chi connectivity index (χ0v) is 14.0. The van der Waals surface area contributed by atoms with Crippen molar-refractivity contribution in [3.8, 4) is 0 Å². The van der Waals surface area contributed by atoms with Gasteiger partial charge in [-0.15, -0.1) is 0 Å². The highest BCUT2D eigenvalue weighted by Crippen LogP contribution is 2.43. The Balaban J connectivity index is 2.25. The number of rotatable bonds is 2. The normalized spacial score (nSPS) is 20.2. The molecule has 5 nitrogen and oxygen atoms in total. The molecule has 120 valence electrons. The third-order valence-corrected chi connectivity index (χ3v) is 4.75. The van der Waals surface area contributed by atoms with E-state index in [9.17, 15) is 14.0 Å². The van der Waals surface area contributed by atoms with Crippen LogP contribution in [-0.2, 0) is 19.1 Å². The van der Waals surface area contributed by atoms with Gasteiger partial charge in [0.15, 0.2) is 0 Å². The predicted molar refractivity (Wildman–Crippen MR) is 82.7 cm³/mol. The first-order valence-corrected chi connectivity index (χ1v) is 7.65. The third kappa shape index (κ3) is 2.45. The summed E-state index contributed by atoms with van der Waals surface area (Å²) in [5.74, 6) is -2.33. The van der Waals surface area contributed by atoms with Gasteiger partial charge in [-0.2, -0.15) is 0 Å². The van der Waals surface area contributed by atoms with Crippen LogP contribution >= 0.6 is 15.9 Å². The van der Waals surface area contributed by atoms with Crippen molar-refractivity contribution < 1.29 is 23.5 Å². The number of dihydropyridines is 1. The van der Waals surface area contributed by atoms with Crippen LogP contribution in [-0.4, -0.2) is 25.7 Å². The molecule has 0 saturated carbocycles. The maximum absolute atomic E-state index is 14.0. The van der Waals surface area contributed by atoms with E-state index in [1.165, 1.54) is 19.2 Å². The first-order valence-electron chi connectivity index (χ1n) is 6.85. The molecule has 0 radical (unpaired) electrons. The van der Waals surface area contributed by atoms with E-state index in [1.54, 1.807) is 13.0 Å². The van der Waals surface area contributed by atoms with Crippen molar-refractivity contribution in [1.29, 1.82) is 0 Å². The predicted octanol–water partition coefficient (Wildman–Crippen LogP) is 2.53. The van der Waals surface area contributed by atoms with E-state index in [2.05, 4.69) is 21.2 Å². The van der Waals surface area contributed by atoms with Gasteiger partial charge in [-0.25, -0.2) is 14.0 Å². The molecular weight excluding hydrogens is 369 g/mol. The van der Waals surface area contributed by atoms with Gasteiger partial charge in [0.05, 0.1) is 34.3 Å². The average Bonchev–Trinajstić information content (AvgIpc) is 2.89. The van der Waals surface area contributed by atoms with Crippen LogP contribution in [0.25, 0.3) is 0 Å². The lowest BCUT2D eigenvalue weighted by atomic mass is 9.81. The van der Waals surface area contributed by atoms with E-state index in [4.69, 9.17) is 9.47 Å². The standard InChI is InChI=1S/C16H13BrFNO4/c1-7-11(15(20)22-2)12(8-4-3-5-9(18)14(8)17)13-10(19-7)6-23-16(13)21/h3-5,12,19H,6H2,1-2H3/t12-/m0/s1. The summed E-state index contributed by atoms with van der Waals surface area (Å²) in [4.78, 5) is 24.4. The number of esters is 2. The number of hydrogen-bond donors (Lipinski definition) is 1. The molecule has 2 aliphatic heterocycles. The Morgan fingerprint density at radius 3 is 2.91 bits per heavy atom. The van der Waals surface area contributed by atoms with Gasteiger partial charge >= 0.3 is 11.9 Å². The molecule has 1 atom stereocenters. The van der Waals surface area contributed by atoms with Crippen molar-refractivity contribution >= 4 is 27.9 Å². The van der Waals surface area contributed by atoms with E-state index in [0.29, 0.717) is 22.5 Å². The molecule has 1 aromatic rings. The first-order chi connectivity index (χ1) is 11.0. The minimum Gasteiger partial charge on any atom is -0.466 e. The summed E-state index contributed by atoms with van der Waals surface area (Å²) in [6, 6.07) is 4.49. The number of benzene rings is 1. The summed E-state index contributed by atoms with van der Waals surface area (Å²) in [6.07, 6.45) is 0. The van der Waals surface area contributed by atoms with E-state index in [0.717, 1.165) is 0 Å². The molecule has 2 heterocycles. The molecule has 0 saturated heterocycles. The van der Waals surface area contributed by atoms with Gasteiger partial charge in [-0.1, -0.05) is 12.1 Å². The Labute approximate surface area is 140 Å². The fraction of sp³-hybridized carbons (Fsp3) is 0.250. The van der Waals surface area contributed by atoms with Gasteiger partial charge in [0.1, 0.15) is 12.4 Å². The minimum atomic E-state index is -0.751. The number of allylic oxidation sites excluding steroid dienone is 1. The van der Waals surface area contributed by atoms with Crippen molar-refractivity contribution in [3.05, 3.63) is 56.6 Å². The minimum absolute atomic E-state index is 0.101. The number of cyclic esters (lactones) is 1. The van der Waals surface area contributed by atoms with Crippen LogP contribution in [0.15, 0.2) is 45.2 Å². The second-order valence-electron chi connectivity index (χ2n) is 5.20. The van der Waals surface area contributed by atoms with Gasteiger partial charge < -0.3 is 14.8 Å². The molecule has 0 amide bonds. The Morgan fingerprint density at radius 1 is 1.48 bits per heavy atom. The molecule has 2 aliphatic rings. The smallest absolute Gasteiger partial charge is 0.337 e. The lowest BCUT2D eigenvalue weighted by Crippen LogP contribution is -2.30. The first kappa shape index (κ1) is 15.7. The van der Waals surface area contributed by atoms with Gasteiger partial charge in [-0.05, 0) is 34.5 Å². The van der Waals surface area contributed by atoms with Crippen LogP contribution in [0.3, 0.4) is 0 Å². The molecule has 0 aliphatic carbocycles. The number of carbonyl (C=O) groups excluding carboxylic acids is 2. The molecule has 1 aromatic carbocycles. The average molecular weight is 382 g/mol. The Morgan fingerprint density at radius 2 is 2.22 bits per heavy atom. The van der Waals surface area contributed by atoms with Crippen LogP contribution in [0, 0.1) is 5.82 Å². The fourth-order valence-corrected chi connectivity index (χ4v) is 3.40. The van der Waals surface area contributed by atoms with Gasteiger partial charge in [0, 0.05) is 5.70 Å². The quantitative estimate of drug-likeness (QED) is 0.797. The number of hydrogen-bond acceptors (Lipinski definition) is 5. The third-order valence-electron chi connectivity index (χ3n) is 3.91. The van der Waals surface area contributed by atoms with E-state index >= 15 is 0 Å². The molecule has 1 N–H and O–H groups in total. The summed E-state index contributed by atoms with van der Waals surface area (Å²) in [7, 11) is 1.26. The van der Waals surface area contributed by atoms with Crippen molar-refractivity contribution in [2.24, 2.45) is 0 Å². The second kappa shape index (κ2) is 5.81. The summed E-state index contributed by atoms with van der Waals surface area (Å²) in [6.45, 7) is 1.81. The van der Waals surface area contributed by atoms with Crippen LogP contribution in [0.1, 0.15) is 18.4 Å². The zero-order chi connectivity index (χ0) is 16.7. The maximum atomic E-state index is 14.0. The van der Waals surface area contributed by atoms with Crippen molar-refractivity contribution in [1.82, 2.24) is 5.32 Å². The summed E-state index contributed by atoms with van der Waals surface area (Å²) in [5.41, 5.74) is 2.17. The summed E-state index contributed by atoms with van der Waals surface area (Å²) in [5, 5.41) is 3.01. The van der Waals surface area contributed by atoms with Gasteiger partial charge in [0.2, 0.25) is 0 Å². The molecule has 0 unspecified atom stereocenters. The van der Waals surface area contributed by atoms with Crippen molar-refractivity contribution in [2.75, 3.05) is 13.7 Å². The van der Waals surface area contributed by atoms with Crippen LogP contribution in [0.2, 0.25) is 0 Å². The number of nitrogens with one attached hydrogen (secondary N) is 1. The highest BCUT2D eigenvalue weighted by atomic mass is 79.9. The van der Waals surface area contributed by atoms with Gasteiger partial charge in [-0.3, -0.25) is 0 Å². The molecule has 0 aromatic heterocycles. The molecule has 0 fully saturated rings. The van der Waals surface area contributed by atoms with Crippen LogP contribution in [0.4, 0.5) is 4.39 Å². The molecule has 0 spiro atoms. The lowest BCUT2D eigenvalue weighted by molar-refractivity contribution is -0.136. The van der Waals surface area contributed by atoms with Crippen molar-refractivity contribution in [2.45, 2.75) is 12.8 Å². The number of halogens is 2. The van der Waals surface area contributed by atoms with E-state index in [1.807, 2.05) is 0 Å². The highest BCUT2D eigenvalue weighted by molar-refractivity contribution is 9.10. The molecule has 7 heteroatoms. The molecular formula is C16H13BrFNO4. The monoisotopic (exact) mass is 381 g/mol. The lowest BCUT2D eigenvalue weighted by Gasteiger charge is -2.28. The Hall–Kier alpha value is -2.15. The van der Waals surface area contributed by atoms with Crippen molar-refractivity contribution in [3.63, 3.8) is 0 Å². The molecule has 23 heavy (non-hydrogen) atoms. The summed E-state index contributed by atoms with van der Waals surface area (Å²) >= 11 is 3.21. The SMILES string of the molecule is COC(=O)C1=C(C)NC2=C(C(=O)OC2)[C@H]1c1cccc(F)c1Br. The number of methoxy groups -OCH3 is 1. The largest absolute Gasteiger partial charge is 0.466 e. The highest BCUT2D eigenvalue weighted by Gasteiger charge is 2.42. The number of carbonyl (C=O) groups is 2. The molecule has 3 rings (SSSR count). The number of ether oxygens (including phenoxy) is 2. The van der Waals surface area contributed by atoms with E-state index in [-0.39, 0.29) is 16.7 Å². The second-order valence-corrected chi connectivity index (χ2v) is 5.99. The maximum Gasteiger partial charge on any atom is 0.337 e. The Kier molecular flexibility index (Phi) is 3.97. The van der Waals surface area contributed by atoms with Gasteiger partial charge in [0.25, 0.3) is 0 Å². The molecule has 0 bridgehead atoms. The van der Waals surface area contributed by atoms with Crippen LogP contribution < -0.4 is 5.32 Å². The van der Waals surface area contributed by atoms with E-state index < -0.39 is 23.7 Å². The zero-order valence-electron chi connectivity index (χ0n) is 12.4. The summed E-state index contributed by atoms with van der Waals surface area (Å²) < 4.78 is 24.1. The topological polar surface area (TPSA) is 64.6 Å². The fourth-order valence-electron chi connectivity index (χ4n) is 2.90.